The molecule has 0 aromatic carbocycles. The highest BCUT2D eigenvalue weighted by molar-refractivity contribution is 7.79. The fraction of sp³-hybridized carbons (Fsp3) is 0. The van der Waals surface area contributed by atoms with Crippen LogP contribution in [0, 0.1) is 35.7 Å². The Morgan fingerprint density at radius 1 is 0.545 bits per heavy atom. The number of hydrogen-bond donors (Lipinski definition) is 3. The topological polar surface area (TPSA) is 86.0 Å². The summed E-state index contributed by atoms with van der Waals surface area (Å²) in [5.41, 5.74) is 0. The van der Waals surface area contributed by atoms with Gasteiger partial charge in [-0.15, -0.1) is 15.3 Å². The van der Waals surface area contributed by atoms with Gasteiger partial charge in [-0.25, -0.2) is 15.3 Å². The summed E-state index contributed by atoms with van der Waals surface area (Å²) in [5.74, 6) is -8.77. The minimum Gasteiger partial charge on any atom is -0.250 e. The molecule has 0 amide bonds. The highest BCUT2D eigenvalue weighted by atomic mass is 31.1. The minimum absolute atomic E-state index is 1.02. The second kappa shape index (κ2) is 5.13. The highest BCUT2D eigenvalue weighted by Gasteiger charge is 2.37. The van der Waals surface area contributed by atoms with E-state index in [1.807, 2.05) is 0 Å². The molecule has 0 bridgehead atoms. The lowest BCUT2D eigenvalue weighted by molar-refractivity contribution is 0.572. The number of halogens is 6. The average Bonchev–Trinajstić information content (AvgIpc) is 3.08. The molecule has 0 fully saturated rings. The molecule has 0 aliphatic heterocycles. The fourth-order valence-corrected chi connectivity index (χ4v) is 3.90. The van der Waals surface area contributed by atoms with Crippen LogP contribution in [0.15, 0.2) is 0 Å². The van der Waals surface area contributed by atoms with Gasteiger partial charge in [0.05, 0.1) is 15.9 Å². The largest absolute Gasteiger partial charge is 0.250 e. The summed E-state index contributed by atoms with van der Waals surface area (Å²) in [4.78, 5) is 0. The zero-order valence-corrected chi connectivity index (χ0v) is 11.0. The Hall–Kier alpha value is -2.36. The number of H-pyrrole nitrogens is 3. The third kappa shape index (κ3) is 2.06. The lowest BCUT2D eigenvalue weighted by atomic mass is 10.6. The Kier molecular flexibility index (Phi) is 3.39. The number of aromatic nitrogens is 6. The summed E-state index contributed by atoms with van der Waals surface area (Å²) in [6, 6.07) is 0. The van der Waals surface area contributed by atoms with Crippen LogP contribution in [0.5, 0.6) is 0 Å². The monoisotopic (exact) mass is 340 g/mol. The summed E-state index contributed by atoms with van der Waals surface area (Å²) in [7, 11) is -2.99. The van der Waals surface area contributed by atoms with Crippen LogP contribution in [-0.4, -0.2) is 30.6 Å². The molecule has 13 heteroatoms. The molecule has 0 radical (unpaired) electrons. The summed E-state index contributed by atoms with van der Waals surface area (Å²) >= 11 is 0. The molecule has 0 unspecified atom stereocenters. The highest BCUT2D eigenvalue weighted by Crippen LogP contribution is 2.37. The molecule has 6 nitrogen and oxygen atoms in total. The van der Waals surface area contributed by atoms with E-state index in [1.54, 1.807) is 15.3 Å². The Bertz CT molecular complexity index is 671. The van der Waals surface area contributed by atoms with Crippen molar-refractivity contribution in [1.29, 1.82) is 0 Å². The van der Waals surface area contributed by atoms with Gasteiger partial charge in [-0.05, 0) is 0 Å². The minimum atomic E-state index is -2.99. The van der Waals surface area contributed by atoms with E-state index in [1.165, 1.54) is 0 Å². The summed E-state index contributed by atoms with van der Waals surface area (Å²) in [5, 5.41) is 10.3. The molecule has 22 heavy (non-hydrogen) atoms. The van der Waals surface area contributed by atoms with Crippen LogP contribution in [0.3, 0.4) is 0 Å². The van der Waals surface area contributed by atoms with Gasteiger partial charge in [0.1, 0.15) is 0 Å². The molecule has 0 aliphatic rings. The van der Waals surface area contributed by atoms with E-state index in [9.17, 15) is 26.3 Å². The van der Waals surface area contributed by atoms with Gasteiger partial charge in [-0.2, -0.15) is 26.3 Å². The second-order valence-electron chi connectivity index (χ2n) is 3.87. The molecule has 3 aromatic heterocycles. The Balaban J connectivity index is 2.34. The number of nitrogens with zero attached hydrogens (tertiary/aromatic N) is 3. The van der Waals surface area contributed by atoms with E-state index < -0.39 is 59.5 Å². The third-order valence-corrected chi connectivity index (χ3v) is 5.12. The quantitative estimate of drug-likeness (QED) is 0.478. The average molecular weight is 340 g/mol. The molecular weight excluding hydrogens is 337 g/mol. The molecule has 116 valence electrons. The van der Waals surface area contributed by atoms with Gasteiger partial charge in [0.15, 0.2) is 0 Å². The summed E-state index contributed by atoms with van der Waals surface area (Å²) in [6.07, 6.45) is 0. The molecule has 3 N–H and O–H groups in total. The molecule has 3 rings (SSSR count). The van der Waals surface area contributed by atoms with E-state index >= 15 is 0 Å². The van der Waals surface area contributed by atoms with Crippen LogP contribution in [0.1, 0.15) is 0 Å². The van der Waals surface area contributed by atoms with Crippen molar-refractivity contribution in [2.24, 2.45) is 0 Å². The van der Waals surface area contributed by atoms with E-state index in [-0.39, 0.29) is 0 Å². The Morgan fingerprint density at radius 2 is 0.818 bits per heavy atom. The number of hydrogen-bond acceptors (Lipinski definition) is 3. The Labute approximate surface area is 117 Å². The fourth-order valence-electron chi connectivity index (χ4n) is 1.79. The first kappa shape index (κ1) is 14.6. The molecule has 3 heterocycles. The smallest absolute Gasteiger partial charge is 0.243 e. The predicted octanol–water partition coefficient (Wildman–Crippen LogP) is 0.449. The van der Waals surface area contributed by atoms with Crippen LogP contribution >= 0.6 is 7.92 Å². The zero-order chi connectivity index (χ0) is 16.0. The number of nitrogens with one attached hydrogen (secondary N) is 3. The predicted molar refractivity (Wildman–Crippen MR) is 61.3 cm³/mol. The van der Waals surface area contributed by atoms with Crippen LogP contribution in [0.4, 0.5) is 26.3 Å². The van der Waals surface area contributed by atoms with Gasteiger partial charge in [0, 0.05) is 7.92 Å². The maximum absolute atomic E-state index is 13.7. The van der Waals surface area contributed by atoms with E-state index in [0.717, 1.165) is 0 Å². The number of rotatable bonds is 3. The van der Waals surface area contributed by atoms with Gasteiger partial charge in [0.25, 0.3) is 0 Å². The van der Waals surface area contributed by atoms with Gasteiger partial charge in [-0.1, -0.05) is 0 Å². The first-order valence-electron chi connectivity index (χ1n) is 5.40. The summed E-state index contributed by atoms with van der Waals surface area (Å²) in [6.45, 7) is 0. The van der Waals surface area contributed by atoms with Crippen LogP contribution < -0.4 is 15.9 Å². The first-order valence-corrected chi connectivity index (χ1v) is 6.74. The van der Waals surface area contributed by atoms with Crippen LogP contribution in [-0.2, 0) is 0 Å². The maximum Gasteiger partial charge on any atom is 0.243 e. The van der Waals surface area contributed by atoms with Crippen molar-refractivity contribution in [3.63, 3.8) is 0 Å². The number of aromatic amines is 3. The van der Waals surface area contributed by atoms with Crippen LogP contribution in [0.25, 0.3) is 0 Å². The van der Waals surface area contributed by atoms with Crippen molar-refractivity contribution >= 4 is 23.8 Å². The second-order valence-corrected chi connectivity index (χ2v) is 5.88. The van der Waals surface area contributed by atoms with Gasteiger partial charge >= 0.3 is 0 Å². The molecular formula is C9H3F6N6P. The molecule has 0 atom stereocenters. The van der Waals surface area contributed by atoms with E-state index in [4.69, 9.17) is 0 Å². The van der Waals surface area contributed by atoms with Crippen molar-refractivity contribution in [2.45, 2.75) is 0 Å². The van der Waals surface area contributed by atoms with E-state index in [2.05, 4.69) is 15.3 Å². The standard InChI is InChI=1S/C9H3F6N6P/c10-4-1(5(11)17-16-4)22(2-6(12)18-19-7(2)13)3-8(14)20-21-9(3)15/h(H,16,17)(H,18,19)(H,20,21). The molecule has 0 aliphatic carbocycles. The van der Waals surface area contributed by atoms with Gasteiger partial charge in [-0.3, -0.25) is 0 Å². The molecule has 3 aromatic rings. The lowest BCUT2D eigenvalue weighted by Crippen LogP contribution is -2.29. The lowest BCUT2D eigenvalue weighted by Gasteiger charge is -2.13. The van der Waals surface area contributed by atoms with Gasteiger partial charge < -0.3 is 0 Å². The SMILES string of the molecule is Fc1n[nH]c(F)c1P(c1c(F)n[nH]c1F)c1c(F)n[nH]c1F. The Morgan fingerprint density at radius 3 is 1.00 bits per heavy atom. The normalized spacial score (nSPS) is 11.6. The third-order valence-electron chi connectivity index (χ3n) is 2.64. The molecule has 0 saturated carbocycles. The maximum atomic E-state index is 13.7. The van der Waals surface area contributed by atoms with Gasteiger partial charge in [0.2, 0.25) is 35.7 Å². The van der Waals surface area contributed by atoms with E-state index in [0.29, 0.717) is 0 Å². The van der Waals surface area contributed by atoms with Crippen molar-refractivity contribution in [2.75, 3.05) is 0 Å². The summed E-state index contributed by atoms with van der Waals surface area (Å²) < 4.78 is 82.0. The molecule has 0 saturated heterocycles. The van der Waals surface area contributed by atoms with Crippen molar-refractivity contribution < 1.29 is 26.3 Å². The van der Waals surface area contributed by atoms with Crippen molar-refractivity contribution in [1.82, 2.24) is 30.6 Å². The van der Waals surface area contributed by atoms with Crippen molar-refractivity contribution in [3.8, 4) is 0 Å². The first-order chi connectivity index (χ1) is 10.4. The molecule has 0 spiro atoms. The van der Waals surface area contributed by atoms with Crippen molar-refractivity contribution in [3.05, 3.63) is 35.7 Å². The zero-order valence-electron chi connectivity index (χ0n) is 10.1. The van der Waals surface area contributed by atoms with Crippen LogP contribution in [0.2, 0.25) is 0 Å².